The third kappa shape index (κ3) is 5.23. The van der Waals surface area contributed by atoms with Crippen LogP contribution in [0.1, 0.15) is 17.2 Å². The van der Waals surface area contributed by atoms with Crippen molar-refractivity contribution >= 4 is 46.2 Å². The van der Waals surface area contributed by atoms with Gasteiger partial charge in [0, 0.05) is 7.05 Å². The first-order valence-corrected chi connectivity index (χ1v) is 10.1. The minimum Gasteiger partial charge on any atom is -0.508 e. The number of thiocarbonyl (C=S) groups is 1. The van der Waals surface area contributed by atoms with Gasteiger partial charge in [-0.1, -0.05) is 66.4 Å². The van der Waals surface area contributed by atoms with Crippen LogP contribution in [0.15, 0.2) is 59.5 Å². The standard InChI is InChI=1S/C21H20N2O4S2/c1-22(12-17(25)15-7-9-16(24)10-8-15)19(26)13-23-20(27)18(29-21(23)28)11-14-5-3-2-4-6-14/h2-11,17,24-25H,12-13H2,1H3/b18-11-/t17-/m0/s1. The minimum absolute atomic E-state index is 0.0538. The van der Waals surface area contributed by atoms with Crippen LogP contribution in [0.4, 0.5) is 0 Å². The van der Waals surface area contributed by atoms with E-state index < -0.39 is 6.10 Å². The smallest absolute Gasteiger partial charge is 0.266 e. The van der Waals surface area contributed by atoms with Gasteiger partial charge < -0.3 is 15.1 Å². The third-order valence-electron chi connectivity index (χ3n) is 4.41. The minimum atomic E-state index is -0.909. The summed E-state index contributed by atoms with van der Waals surface area (Å²) in [6.45, 7) is -0.131. The van der Waals surface area contributed by atoms with Crippen molar-refractivity contribution in [3.63, 3.8) is 0 Å². The van der Waals surface area contributed by atoms with Gasteiger partial charge in [-0.3, -0.25) is 14.5 Å². The lowest BCUT2D eigenvalue weighted by Gasteiger charge is -2.23. The van der Waals surface area contributed by atoms with Crippen molar-refractivity contribution in [2.75, 3.05) is 20.1 Å². The number of carbonyl (C=O) groups is 2. The Labute approximate surface area is 178 Å². The zero-order valence-electron chi connectivity index (χ0n) is 15.7. The normalized spacial score (nSPS) is 16.3. The maximum absolute atomic E-state index is 12.7. The van der Waals surface area contributed by atoms with Gasteiger partial charge in [0.2, 0.25) is 5.91 Å². The number of phenols is 1. The lowest BCUT2D eigenvalue weighted by molar-refractivity contribution is -0.135. The van der Waals surface area contributed by atoms with E-state index >= 15 is 0 Å². The van der Waals surface area contributed by atoms with Gasteiger partial charge in [-0.15, -0.1) is 0 Å². The van der Waals surface area contributed by atoms with Gasteiger partial charge in [-0.25, -0.2) is 0 Å². The maximum Gasteiger partial charge on any atom is 0.266 e. The van der Waals surface area contributed by atoms with Crippen molar-refractivity contribution in [2.24, 2.45) is 0 Å². The molecule has 0 bridgehead atoms. The highest BCUT2D eigenvalue weighted by Crippen LogP contribution is 2.32. The van der Waals surface area contributed by atoms with Crippen LogP contribution in [-0.4, -0.2) is 56.3 Å². The molecule has 0 aromatic heterocycles. The van der Waals surface area contributed by atoms with E-state index in [1.807, 2.05) is 30.3 Å². The topological polar surface area (TPSA) is 81.1 Å². The number of phenolic OH excluding ortho intramolecular Hbond substituents is 1. The Bertz CT molecular complexity index is 945. The predicted molar refractivity (Wildman–Crippen MR) is 117 cm³/mol. The molecular formula is C21H20N2O4S2. The second-order valence-corrected chi connectivity index (χ2v) is 8.24. The fraction of sp³-hybridized carbons (Fsp3) is 0.190. The first-order chi connectivity index (χ1) is 13.8. The summed E-state index contributed by atoms with van der Waals surface area (Å²) in [7, 11) is 1.56. The average Bonchev–Trinajstić information content (AvgIpc) is 2.96. The zero-order chi connectivity index (χ0) is 21.0. The molecule has 150 valence electrons. The van der Waals surface area contributed by atoms with E-state index in [1.165, 1.54) is 33.7 Å². The Morgan fingerprint density at radius 1 is 1.21 bits per heavy atom. The highest BCUT2D eigenvalue weighted by molar-refractivity contribution is 8.26. The summed E-state index contributed by atoms with van der Waals surface area (Å²) in [4.78, 5) is 28.3. The number of aliphatic hydroxyl groups excluding tert-OH is 1. The van der Waals surface area contributed by atoms with Crippen LogP contribution in [0.2, 0.25) is 0 Å². The number of hydrogen-bond donors (Lipinski definition) is 2. The molecule has 2 aromatic rings. The van der Waals surface area contributed by atoms with Crippen molar-refractivity contribution in [3.05, 3.63) is 70.6 Å². The molecule has 1 atom stereocenters. The number of rotatable bonds is 6. The Balaban J connectivity index is 1.62. The molecule has 0 aliphatic carbocycles. The SMILES string of the molecule is CN(C[C@H](O)c1ccc(O)cc1)C(=O)CN1C(=O)/C(=C/c2ccccc2)SC1=S. The summed E-state index contributed by atoms with van der Waals surface area (Å²) in [5.74, 6) is -0.534. The first kappa shape index (κ1) is 21.0. The monoisotopic (exact) mass is 428 g/mol. The Hall–Kier alpha value is -2.68. The maximum atomic E-state index is 12.7. The van der Waals surface area contributed by atoms with Gasteiger partial charge in [0.25, 0.3) is 5.91 Å². The van der Waals surface area contributed by atoms with Gasteiger partial charge in [0.15, 0.2) is 0 Å². The molecule has 0 spiro atoms. The second-order valence-electron chi connectivity index (χ2n) is 6.56. The van der Waals surface area contributed by atoms with Crippen molar-refractivity contribution in [3.8, 4) is 5.75 Å². The molecule has 1 heterocycles. The van der Waals surface area contributed by atoms with Gasteiger partial charge in [0.1, 0.15) is 16.6 Å². The number of hydrogen-bond acceptors (Lipinski definition) is 6. The fourth-order valence-electron chi connectivity index (χ4n) is 2.76. The van der Waals surface area contributed by atoms with E-state index in [-0.39, 0.29) is 30.7 Å². The van der Waals surface area contributed by atoms with E-state index in [1.54, 1.807) is 25.3 Å². The number of aliphatic hydroxyl groups is 1. The molecule has 3 rings (SSSR count). The number of benzene rings is 2. The Kier molecular flexibility index (Phi) is 6.68. The second kappa shape index (κ2) is 9.21. The predicted octanol–water partition coefficient (Wildman–Crippen LogP) is 2.79. The number of aromatic hydroxyl groups is 1. The third-order valence-corrected chi connectivity index (χ3v) is 5.79. The fourth-order valence-corrected chi connectivity index (χ4v) is 4.01. The molecule has 1 saturated heterocycles. The first-order valence-electron chi connectivity index (χ1n) is 8.86. The Morgan fingerprint density at radius 3 is 2.52 bits per heavy atom. The van der Waals surface area contributed by atoms with Crippen LogP contribution in [0.5, 0.6) is 5.75 Å². The van der Waals surface area contributed by atoms with Crippen molar-refractivity contribution in [1.82, 2.24) is 9.80 Å². The number of likely N-dealkylation sites (N-methyl/N-ethyl adjacent to an activating group) is 1. The summed E-state index contributed by atoms with van der Waals surface area (Å²) >= 11 is 6.44. The van der Waals surface area contributed by atoms with Crippen molar-refractivity contribution < 1.29 is 19.8 Å². The van der Waals surface area contributed by atoms with Gasteiger partial charge >= 0.3 is 0 Å². The molecule has 2 aromatic carbocycles. The molecular weight excluding hydrogens is 408 g/mol. The summed E-state index contributed by atoms with van der Waals surface area (Å²) in [6.07, 6.45) is 0.843. The van der Waals surface area contributed by atoms with Gasteiger partial charge in [-0.05, 0) is 29.3 Å². The molecule has 2 N–H and O–H groups in total. The van der Waals surface area contributed by atoms with Gasteiger partial charge in [-0.2, -0.15) is 0 Å². The highest BCUT2D eigenvalue weighted by Gasteiger charge is 2.34. The van der Waals surface area contributed by atoms with E-state index in [2.05, 4.69) is 0 Å². The van der Waals surface area contributed by atoms with Crippen LogP contribution < -0.4 is 0 Å². The van der Waals surface area contributed by atoms with Crippen molar-refractivity contribution in [2.45, 2.75) is 6.10 Å². The van der Waals surface area contributed by atoms with Crippen molar-refractivity contribution in [1.29, 1.82) is 0 Å². The molecule has 8 heteroatoms. The van der Waals surface area contributed by atoms with Gasteiger partial charge in [0.05, 0.1) is 17.6 Å². The molecule has 1 aliphatic rings. The zero-order valence-corrected chi connectivity index (χ0v) is 17.3. The van der Waals surface area contributed by atoms with Crippen LogP contribution in [0, 0.1) is 0 Å². The lowest BCUT2D eigenvalue weighted by atomic mass is 10.1. The summed E-state index contributed by atoms with van der Waals surface area (Å²) in [5.41, 5.74) is 1.47. The van der Waals surface area contributed by atoms with Crippen LogP contribution in [0.25, 0.3) is 6.08 Å². The van der Waals surface area contributed by atoms with Crippen LogP contribution in [0.3, 0.4) is 0 Å². The van der Waals surface area contributed by atoms with Crippen LogP contribution in [-0.2, 0) is 9.59 Å². The Morgan fingerprint density at radius 2 is 1.86 bits per heavy atom. The van der Waals surface area contributed by atoms with Crippen LogP contribution >= 0.6 is 24.0 Å². The number of amides is 2. The highest BCUT2D eigenvalue weighted by atomic mass is 32.2. The van der Waals surface area contributed by atoms with E-state index in [0.29, 0.717) is 14.8 Å². The average molecular weight is 429 g/mol. The van der Waals surface area contributed by atoms with E-state index in [0.717, 1.165) is 5.56 Å². The van der Waals surface area contributed by atoms with E-state index in [9.17, 15) is 19.8 Å². The molecule has 29 heavy (non-hydrogen) atoms. The van der Waals surface area contributed by atoms with E-state index in [4.69, 9.17) is 12.2 Å². The molecule has 6 nitrogen and oxygen atoms in total. The molecule has 1 aliphatic heterocycles. The number of nitrogens with zero attached hydrogens (tertiary/aromatic N) is 2. The summed E-state index contributed by atoms with van der Waals surface area (Å²) < 4.78 is 0.331. The molecule has 1 fully saturated rings. The summed E-state index contributed by atoms with van der Waals surface area (Å²) in [5, 5.41) is 19.6. The molecule has 0 radical (unpaired) electrons. The molecule has 0 unspecified atom stereocenters. The number of thioether (sulfide) groups is 1. The molecule has 2 amide bonds. The number of carbonyl (C=O) groups excluding carboxylic acids is 2. The lowest BCUT2D eigenvalue weighted by Crippen LogP contribution is -2.41. The largest absolute Gasteiger partial charge is 0.508 e. The summed E-state index contributed by atoms with van der Waals surface area (Å²) in [6, 6.07) is 15.5. The molecule has 0 saturated carbocycles. The quantitative estimate of drug-likeness (QED) is 0.544.